The summed E-state index contributed by atoms with van der Waals surface area (Å²) in [5, 5.41) is 29.4. The molecule has 4 aliphatic carbocycles. The second-order valence-electron chi connectivity index (χ2n) is 8.56. The maximum Gasteiger partial charge on any atom is 0.144 e. The second-order valence-corrected chi connectivity index (χ2v) is 8.56. The van der Waals surface area contributed by atoms with Crippen molar-refractivity contribution in [1.29, 1.82) is 15.8 Å². The van der Waals surface area contributed by atoms with Crippen molar-refractivity contribution in [2.45, 2.75) is 38.0 Å². The predicted octanol–water partition coefficient (Wildman–Crippen LogP) is 3.64. The summed E-state index contributed by atoms with van der Waals surface area (Å²) < 4.78 is 0. The lowest BCUT2D eigenvalue weighted by Gasteiger charge is -2.36. The minimum Gasteiger partial charge on any atom is -0.197 e. The van der Waals surface area contributed by atoms with Gasteiger partial charge in [-0.05, 0) is 47.1 Å². The number of fused-ring (bicyclic) bond motifs is 3. The van der Waals surface area contributed by atoms with Gasteiger partial charge in [0.25, 0.3) is 0 Å². The Bertz CT molecular complexity index is 879. The molecule has 0 saturated heterocycles. The topological polar surface area (TPSA) is 71.4 Å². The lowest BCUT2D eigenvalue weighted by Crippen LogP contribution is -2.31. The van der Waals surface area contributed by atoms with E-state index in [1.54, 1.807) is 0 Å². The van der Waals surface area contributed by atoms with Crippen molar-refractivity contribution in [1.82, 2.24) is 0 Å². The van der Waals surface area contributed by atoms with Crippen LogP contribution in [0.3, 0.4) is 0 Å². The van der Waals surface area contributed by atoms with Crippen LogP contribution in [0.1, 0.15) is 43.7 Å². The monoisotopic (exact) mass is 299 g/mol. The van der Waals surface area contributed by atoms with Gasteiger partial charge in [-0.3, -0.25) is 0 Å². The van der Waals surface area contributed by atoms with Crippen molar-refractivity contribution in [3.05, 3.63) is 35.4 Å². The number of hydrogen-bond acceptors (Lipinski definition) is 3. The molecule has 5 atom stereocenters. The molecular formula is C20H17N3. The molecular weight excluding hydrogens is 282 g/mol. The largest absolute Gasteiger partial charge is 0.197 e. The SMILES string of the molecule is CC1(C)[C@@H]2c3ccccc3[C@@]3(C#N)C2C32CC(C#N)(C#N)C[C@@H]12. The molecule has 112 valence electrons. The molecule has 0 radical (unpaired) electrons. The normalized spacial score (nSPS) is 45.1. The van der Waals surface area contributed by atoms with Crippen LogP contribution in [0, 0.1) is 62.1 Å². The van der Waals surface area contributed by atoms with Crippen LogP contribution in [0.5, 0.6) is 0 Å². The van der Waals surface area contributed by atoms with E-state index < -0.39 is 10.8 Å². The summed E-state index contributed by atoms with van der Waals surface area (Å²) in [6.45, 7) is 4.57. The maximum atomic E-state index is 10.1. The first-order valence-electron chi connectivity index (χ1n) is 8.28. The van der Waals surface area contributed by atoms with Crippen molar-refractivity contribution in [3.8, 4) is 18.2 Å². The van der Waals surface area contributed by atoms with E-state index in [1.807, 2.05) is 6.07 Å². The van der Waals surface area contributed by atoms with E-state index in [2.05, 4.69) is 50.3 Å². The lowest BCUT2D eigenvalue weighted by molar-refractivity contribution is 0.161. The maximum absolute atomic E-state index is 10.1. The molecule has 3 nitrogen and oxygen atoms in total. The second kappa shape index (κ2) is 3.29. The van der Waals surface area contributed by atoms with Crippen LogP contribution in [0.4, 0.5) is 0 Å². The van der Waals surface area contributed by atoms with Crippen molar-refractivity contribution in [2.24, 2.45) is 28.1 Å². The first-order chi connectivity index (χ1) is 10.9. The third-order valence-corrected chi connectivity index (χ3v) is 7.80. The van der Waals surface area contributed by atoms with Gasteiger partial charge in [0.2, 0.25) is 0 Å². The molecule has 1 aromatic rings. The van der Waals surface area contributed by atoms with Crippen LogP contribution in [-0.4, -0.2) is 0 Å². The molecule has 0 bridgehead atoms. The summed E-state index contributed by atoms with van der Waals surface area (Å²) >= 11 is 0. The fourth-order valence-corrected chi connectivity index (χ4v) is 7.23. The summed E-state index contributed by atoms with van der Waals surface area (Å²) in [7, 11) is 0. The molecule has 2 unspecified atom stereocenters. The Labute approximate surface area is 136 Å². The Kier molecular flexibility index (Phi) is 1.88. The van der Waals surface area contributed by atoms with E-state index in [-0.39, 0.29) is 16.7 Å². The fourth-order valence-electron chi connectivity index (χ4n) is 7.23. The van der Waals surface area contributed by atoms with Gasteiger partial charge in [0, 0.05) is 5.41 Å². The van der Waals surface area contributed by atoms with Crippen LogP contribution < -0.4 is 0 Å². The quantitative estimate of drug-likeness (QED) is 0.734. The van der Waals surface area contributed by atoms with Crippen molar-refractivity contribution in [2.75, 3.05) is 0 Å². The molecule has 1 spiro atoms. The Morgan fingerprint density at radius 3 is 2.39 bits per heavy atom. The predicted molar refractivity (Wildman–Crippen MR) is 82.6 cm³/mol. The van der Waals surface area contributed by atoms with Gasteiger partial charge < -0.3 is 0 Å². The molecule has 0 heterocycles. The first kappa shape index (κ1) is 13.2. The van der Waals surface area contributed by atoms with E-state index in [0.29, 0.717) is 24.7 Å². The average Bonchev–Trinajstić information content (AvgIpc) is 2.83. The number of benzene rings is 1. The number of nitrogens with zero attached hydrogens (tertiary/aromatic N) is 3. The molecule has 1 aromatic carbocycles. The summed E-state index contributed by atoms with van der Waals surface area (Å²) in [4.78, 5) is 0. The molecule has 23 heavy (non-hydrogen) atoms. The van der Waals surface area contributed by atoms with Crippen molar-refractivity contribution >= 4 is 0 Å². The highest BCUT2D eigenvalue weighted by atomic mass is 14.9. The summed E-state index contributed by atoms with van der Waals surface area (Å²) in [6, 6.07) is 15.7. The minimum atomic E-state index is -0.907. The van der Waals surface area contributed by atoms with Crippen molar-refractivity contribution < 1.29 is 0 Å². The number of hydrogen-bond donors (Lipinski definition) is 0. The Morgan fingerprint density at radius 1 is 1.04 bits per heavy atom. The molecule has 0 aliphatic heterocycles. The van der Waals surface area contributed by atoms with Gasteiger partial charge in [0.05, 0.1) is 23.6 Å². The highest BCUT2D eigenvalue weighted by Gasteiger charge is 2.94. The van der Waals surface area contributed by atoms with Gasteiger partial charge in [0.1, 0.15) is 5.41 Å². The zero-order valence-corrected chi connectivity index (χ0v) is 13.3. The molecule has 3 fully saturated rings. The van der Waals surface area contributed by atoms with E-state index in [1.165, 1.54) is 11.1 Å². The van der Waals surface area contributed by atoms with Crippen LogP contribution >= 0.6 is 0 Å². The van der Waals surface area contributed by atoms with Gasteiger partial charge in [-0.25, -0.2) is 0 Å². The first-order valence-corrected chi connectivity index (χ1v) is 8.28. The molecule has 4 aliphatic rings. The molecule has 0 aromatic heterocycles. The Hall–Kier alpha value is -2.31. The lowest BCUT2D eigenvalue weighted by atomic mass is 9.67. The standard InChI is InChI=1S/C20H17N3/c1-17(2)14-7-18(9-21,10-22)8-19(14)16-15(17)12-5-3-4-6-13(12)20(16,19)11-23/h3-6,14-16H,7-8H2,1-2H3/t14-,15+,16?,19?,20-/m0/s1. The highest BCUT2D eigenvalue weighted by Crippen LogP contribution is 2.95. The van der Waals surface area contributed by atoms with E-state index in [0.717, 1.165) is 0 Å². The van der Waals surface area contributed by atoms with Crippen molar-refractivity contribution in [3.63, 3.8) is 0 Å². The molecule has 0 amide bonds. The van der Waals surface area contributed by atoms with Gasteiger partial charge in [0.15, 0.2) is 0 Å². The Morgan fingerprint density at radius 2 is 1.74 bits per heavy atom. The minimum absolute atomic E-state index is 0.0348. The van der Waals surface area contributed by atoms with Crippen LogP contribution in [0.25, 0.3) is 0 Å². The molecule has 5 rings (SSSR count). The fraction of sp³-hybridized carbons (Fsp3) is 0.550. The smallest absolute Gasteiger partial charge is 0.144 e. The van der Waals surface area contributed by atoms with Crippen LogP contribution in [0.2, 0.25) is 0 Å². The van der Waals surface area contributed by atoms with E-state index in [4.69, 9.17) is 0 Å². The van der Waals surface area contributed by atoms with E-state index in [9.17, 15) is 15.8 Å². The third kappa shape index (κ3) is 0.970. The third-order valence-electron chi connectivity index (χ3n) is 7.80. The van der Waals surface area contributed by atoms with Crippen LogP contribution in [-0.2, 0) is 5.41 Å². The van der Waals surface area contributed by atoms with Crippen LogP contribution in [0.15, 0.2) is 24.3 Å². The van der Waals surface area contributed by atoms with E-state index >= 15 is 0 Å². The number of nitriles is 3. The van der Waals surface area contributed by atoms with Gasteiger partial charge in [-0.1, -0.05) is 38.1 Å². The summed E-state index contributed by atoms with van der Waals surface area (Å²) in [5.41, 5.74) is 1.03. The Balaban J connectivity index is 1.81. The summed E-state index contributed by atoms with van der Waals surface area (Å²) in [5.74, 6) is 0.955. The highest BCUT2D eigenvalue weighted by molar-refractivity contribution is 5.66. The summed E-state index contributed by atoms with van der Waals surface area (Å²) in [6.07, 6.45) is 1.20. The molecule has 3 heteroatoms. The van der Waals surface area contributed by atoms with Gasteiger partial charge >= 0.3 is 0 Å². The average molecular weight is 299 g/mol. The van der Waals surface area contributed by atoms with Gasteiger partial charge in [-0.15, -0.1) is 0 Å². The zero-order valence-electron chi connectivity index (χ0n) is 13.3. The molecule has 3 saturated carbocycles. The number of rotatable bonds is 0. The zero-order chi connectivity index (χ0) is 16.3. The molecule has 0 N–H and O–H groups in total. The van der Waals surface area contributed by atoms with Gasteiger partial charge in [-0.2, -0.15) is 15.8 Å².